The lowest BCUT2D eigenvalue weighted by Gasteiger charge is -2.17. The predicted molar refractivity (Wildman–Crippen MR) is 100.0 cm³/mol. The number of phenolic OH excluding ortho intramolecular Hbond substituents is 4. The van der Waals surface area contributed by atoms with Crippen LogP contribution in [0.25, 0.3) is 0 Å². The summed E-state index contributed by atoms with van der Waals surface area (Å²) < 4.78 is 0. The summed E-state index contributed by atoms with van der Waals surface area (Å²) in [5.41, 5.74) is 1.01. The summed E-state index contributed by atoms with van der Waals surface area (Å²) in [6.45, 7) is 1.15. The van der Waals surface area contributed by atoms with Crippen LogP contribution in [0.3, 0.4) is 0 Å². The molecule has 2 aromatic carbocycles. The predicted octanol–water partition coefficient (Wildman–Crippen LogP) is 1.74. The SMILES string of the molecule is CN(CCN(C)N=Cc1ccc(O)cc1O)N=Cc1ccc(O)cc1O. The number of hydrazone groups is 2. The lowest BCUT2D eigenvalue weighted by molar-refractivity contribution is 0.272. The number of hydrogen-bond donors (Lipinski definition) is 4. The van der Waals surface area contributed by atoms with E-state index >= 15 is 0 Å². The fraction of sp³-hybridized carbons (Fsp3) is 0.222. The lowest BCUT2D eigenvalue weighted by Crippen LogP contribution is -2.25. The van der Waals surface area contributed by atoms with Gasteiger partial charge in [-0.25, -0.2) is 0 Å². The van der Waals surface area contributed by atoms with E-state index in [2.05, 4.69) is 10.2 Å². The van der Waals surface area contributed by atoms with Gasteiger partial charge in [0.1, 0.15) is 23.0 Å². The van der Waals surface area contributed by atoms with Crippen LogP contribution in [0.2, 0.25) is 0 Å². The minimum absolute atomic E-state index is 0.00726. The first-order valence-corrected chi connectivity index (χ1v) is 7.89. The van der Waals surface area contributed by atoms with Gasteiger partial charge in [0.2, 0.25) is 0 Å². The number of aromatic hydroxyl groups is 4. The van der Waals surface area contributed by atoms with Crippen molar-refractivity contribution in [1.29, 1.82) is 0 Å². The molecule has 4 N–H and O–H groups in total. The van der Waals surface area contributed by atoms with Crippen LogP contribution in [0.4, 0.5) is 0 Å². The second kappa shape index (κ2) is 8.61. The zero-order valence-electron chi connectivity index (χ0n) is 14.6. The fourth-order valence-corrected chi connectivity index (χ4v) is 2.01. The van der Waals surface area contributed by atoms with Gasteiger partial charge in [0, 0.05) is 37.4 Å². The molecule has 26 heavy (non-hydrogen) atoms. The molecule has 138 valence electrons. The summed E-state index contributed by atoms with van der Waals surface area (Å²) in [6, 6.07) is 8.60. The molecule has 0 radical (unpaired) electrons. The smallest absolute Gasteiger partial charge is 0.128 e. The van der Waals surface area contributed by atoms with E-state index in [4.69, 9.17) is 0 Å². The van der Waals surface area contributed by atoms with Crippen molar-refractivity contribution in [3.8, 4) is 23.0 Å². The molecular weight excluding hydrogens is 336 g/mol. The van der Waals surface area contributed by atoms with Gasteiger partial charge in [-0.15, -0.1) is 0 Å². The highest BCUT2D eigenvalue weighted by atomic mass is 16.3. The molecule has 0 fully saturated rings. The van der Waals surface area contributed by atoms with Crippen LogP contribution in [0.15, 0.2) is 46.6 Å². The van der Waals surface area contributed by atoms with Crippen LogP contribution in [0.1, 0.15) is 11.1 Å². The molecule has 0 spiro atoms. The second-order valence-electron chi connectivity index (χ2n) is 5.74. The molecule has 8 nitrogen and oxygen atoms in total. The average Bonchev–Trinajstić information content (AvgIpc) is 2.58. The molecule has 0 aromatic heterocycles. The highest BCUT2D eigenvalue weighted by Gasteiger charge is 2.02. The Balaban J connectivity index is 1.85. The van der Waals surface area contributed by atoms with E-state index in [1.807, 2.05) is 0 Å². The molecule has 8 heteroatoms. The lowest BCUT2D eigenvalue weighted by atomic mass is 10.2. The van der Waals surface area contributed by atoms with Crippen molar-refractivity contribution in [1.82, 2.24) is 10.0 Å². The van der Waals surface area contributed by atoms with Gasteiger partial charge >= 0.3 is 0 Å². The number of phenols is 4. The van der Waals surface area contributed by atoms with Gasteiger partial charge in [0.15, 0.2) is 0 Å². The molecule has 0 heterocycles. The van der Waals surface area contributed by atoms with Crippen LogP contribution in [-0.4, -0.2) is 70.1 Å². The van der Waals surface area contributed by atoms with Crippen LogP contribution >= 0.6 is 0 Å². The van der Waals surface area contributed by atoms with E-state index in [0.29, 0.717) is 24.2 Å². The zero-order chi connectivity index (χ0) is 19.1. The number of hydrogen-bond acceptors (Lipinski definition) is 8. The van der Waals surface area contributed by atoms with Crippen molar-refractivity contribution in [3.05, 3.63) is 47.5 Å². The molecule has 0 aliphatic rings. The Kier molecular flexibility index (Phi) is 6.26. The fourth-order valence-electron chi connectivity index (χ4n) is 2.01. The standard InChI is InChI=1S/C18H22N4O4/c1-21(19-11-13-3-5-15(23)9-17(13)25)7-8-22(2)20-12-14-4-6-16(24)10-18(14)26/h3-6,9-12,23-26H,7-8H2,1-2H3. The number of likely N-dealkylation sites (N-methyl/N-ethyl adjacent to an activating group) is 2. The first-order valence-electron chi connectivity index (χ1n) is 7.89. The molecule has 2 aromatic rings. The third kappa shape index (κ3) is 5.59. The Morgan fingerprint density at radius 1 is 0.731 bits per heavy atom. The van der Waals surface area contributed by atoms with Crippen molar-refractivity contribution < 1.29 is 20.4 Å². The summed E-state index contributed by atoms with van der Waals surface area (Å²) in [5, 5.41) is 49.8. The van der Waals surface area contributed by atoms with Gasteiger partial charge in [-0.05, 0) is 24.3 Å². The third-order valence-electron chi connectivity index (χ3n) is 3.56. The third-order valence-corrected chi connectivity index (χ3v) is 3.56. The Morgan fingerprint density at radius 2 is 1.12 bits per heavy atom. The quantitative estimate of drug-likeness (QED) is 0.443. The summed E-state index contributed by atoms with van der Waals surface area (Å²) in [6.07, 6.45) is 3.01. The van der Waals surface area contributed by atoms with Gasteiger partial charge < -0.3 is 20.4 Å². The van der Waals surface area contributed by atoms with Crippen LogP contribution in [-0.2, 0) is 0 Å². The van der Waals surface area contributed by atoms with Crippen molar-refractivity contribution in [2.75, 3.05) is 27.2 Å². The topological polar surface area (TPSA) is 112 Å². The highest BCUT2D eigenvalue weighted by molar-refractivity contribution is 5.84. The molecule has 0 bridgehead atoms. The summed E-state index contributed by atoms with van der Waals surface area (Å²) >= 11 is 0. The van der Waals surface area contributed by atoms with Gasteiger partial charge in [-0.3, -0.25) is 10.0 Å². The average molecular weight is 358 g/mol. The number of rotatable bonds is 7. The maximum absolute atomic E-state index is 9.71. The monoisotopic (exact) mass is 358 g/mol. The normalized spacial score (nSPS) is 11.3. The van der Waals surface area contributed by atoms with E-state index in [1.54, 1.807) is 36.2 Å². The number of nitrogens with zero attached hydrogens (tertiary/aromatic N) is 4. The van der Waals surface area contributed by atoms with E-state index in [9.17, 15) is 20.4 Å². The molecule has 0 unspecified atom stereocenters. The van der Waals surface area contributed by atoms with E-state index in [1.165, 1.54) is 36.7 Å². The minimum atomic E-state index is -0.0439. The maximum atomic E-state index is 9.71. The molecule has 0 saturated heterocycles. The van der Waals surface area contributed by atoms with Gasteiger partial charge in [0.25, 0.3) is 0 Å². The Morgan fingerprint density at radius 3 is 1.46 bits per heavy atom. The van der Waals surface area contributed by atoms with Crippen molar-refractivity contribution >= 4 is 12.4 Å². The second-order valence-corrected chi connectivity index (χ2v) is 5.74. The van der Waals surface area contributed by atoms with Crippen molar-refractivity contribution in [2.45, 2.75) is 0 Å². The molecule has 2 rings (SSSR count). The molecule has 0 aliphatic heterocycles. The summed E-state index contributed by atoms with van der Waals surface area (Å²) in [4.78, 5) is 0. The first-order chi connectivity index (χ1) is 12.3. The van der Waals surface area contributed by atoms with Gasteiger partial charge in [-0.1, -0.05) is 0 Å². The van der Waals surface area contributed by atoms with Crippen LogP contribution in [0, 0.1) is 0 Å². The summed E-state index contributed by atoms with van der Waals surface area (Å²) in [5.74, 6) is -0.102. The van der Waals surface area contributed by atoms with E-state index in [0.717, 1.165) is 0 Å². The maximum Gasteiger partial charge on any atom is 0.128 e. The molecule has 0 saturated carbocycles. The van der Waals surface area contributed by atoms with Gasteiger partial charge in [-0.2, -0.15) is 10.2 Å². The minimum Gasteiger partial charge on any atom is -0.508 e. The Hall–Kier alpha value is -3.42. The molecule has 0 atom stereocenters. The van der Waals surface area contributed by atoms with Crippen LogP contribution < -0.4 is 0 Å². The largest absolute Gasteiger partial charge is 0.508 e. The highest BCUT2D eigenvalue weighted by Crippen LogP contribution is 2.21. The molecule has 0 aliphatic carbocycles. The Bertz CT molecular complexity index is 740. The van der Waals surface area contributed by atoms with Crippen LogP contribution in [0.5, 0.6) is 23.0 Å². The van der Waals surface area contributed by atoms with Crippen molar-refractivity contribution in [2.24, 2.45) is 10.2 Å². The Labute approximate surface area is 151 Å². The van der Waals surface area contributed by atoms with E-state index in [-0.39, 0.29) is 23.0 Å². The number of benzene rings is 2. The molecular formula is C18H22N4O4. The molecule has 0 amide bonds. The first kappa shape index (κ1) is 18.9. The summed E-state index contributed by atoms with van der Waals surface area (Å²) in [7, 11) is 3.58. The van der Waals surface area contributed by atoms with Crippen molar-refractivity contribution in [3.63, 3.8) is 0 Å². The van der Waals surface area contributed by atoms with Gasteiger partial charge in [0.05, 0.1) is 25.5 Å². The van der Waals surface area contributed by atoms with E-state index < -0.39 is 0 Å². The zero-order valence-corrected chi connectivity index (χ0v) is 14.6.